The molecule has 1 unspecified atom stereocenters. The monoisotopic (exact) mass is 675 g/mol. The van der Waals surface area contributed by atoms with E-state index in [4.69, 9.17) is 30.5 Å². The van der Waals surface area contributed by atoms with Crippen LogP contribution >= 0.6 is 0 Å². The molecule has 1 amide bonds. The maximum Gasteiger partial charge on any atom is 0.490 e. The molecule has 0 spiro atoms. The third kappa shape index (κ3) is 10.9. The summed E-state index contributed by atoms with van der Waals surface area (Å²) in [4.78, 5) is 23.2. The van der Waals surface area contributed by atoms with E-state index < -0.39 is 50.6 Å². The van der Waals surface area contributed by atoms with Gasteiger partial charge in [0.2, 0.25) is 0 Å². The van der Waals surface area contributed by atoms with Gasteiger partial charge >= 0.3 is 12.1 Å². The molecule has 250 valence electrons. The number of ether oxygens (including phenoxy) is 2. The van der Waals surface area contributed by atoms with Crippen LogP contribution in [0.2, 0.25) is 0 Å². The molecule has 1 atom stereocenters. The number of sulfonamides is 1. The number of nitrogen functional groups attached to an aromatic ring is 1. The summed E-state index contributed by atoms with van der Waals surface area (Å²) in [5.74, 6) is -5.20. The first-order chi connectivity index (χ1) is 21.3. The molecule has 3 aromatic rings. The second kappa shape index (κ2) is 15.8. The van der Waals surface area contributed by atoms with Crippen molar-refractivity contribution in [2.75, 3.05) is 11.9 Å². The van der Waals surface area contributed by atoms with Crippen molar-refractivity contribution in [3.8, 4) is 11.5 Å². The third-order valence-corrected chi connectivity index (χ3v) is 6.75. The normalized spacial score (nSPS) is 11.9. The van der Waals surface area contributed by atoms with Crippen molar-refractivity contribution in [3.63, 3.8) is 0 Å². The zero-order valence-corrected chi connectivity index (χ0v) is 25.2. The lowest BCUT2D eigenvalue weighted by molar-refractivity contribution is -0.192. The summed E-state index contributed by atoms with van der Waals surface area (Å²) in [6.45, 7) is 5.80. The topological polar surface area (TPSA) is 193 Å². The predicted molar refractivity (Wildman–Crippen MR) is 156 cm³/mol. The van der Waals surface area contributed by atoms with E-state index in [0.29, 0.717) is 41.0 Å². The average Bonchev–Trinajstić information content (AvgIpc) is 2.95. The highest BCUT2D eigenvalue weighted by atomic mass is 32.2. The molecule has 0 aliphatic carbocycles. The SMILES string of the molecule is CCOc1cc(C(Nc2ccc(C(=N)N)cc2)C(=O)NNS(=O)(=O)c2ccc(F)cc2F)ccc1OC(C)C.O=C(O)C(F)(F)F. The van der Waals surface area contributed by atoms with Gasteiger partial charge in [0.05, 0.1) is 12.7 Å². The molecular weight excluding hydrogens is 645 g/mol. The summed E-state index contributed by atoms with van der Waals surface area (Å²) in [6, 6.07) is 11.9. The first kappa shape index (κ1) is 37.2. The molecule has 0 saturated carbocycles. The van der Waals surface area contributed by atoms with Gasteiger partial charge in [-0.15, -0.1) is 4.83 Å². The smallest absolute Gasteiger partial charge is 0.490 e. The van der Waals surface area contributed by atoms with Gasteiger partial charge in [-0.1, -0.05) is 6.07 Å². The minimum Gasteiger partial charge on any atom is -0.490 e. The Morgan fingerprint density at radius 1 is 1.00 bits per heavy atom. The first-order valence-corrected chi connectivity index (χ1v) is 14.5. The van der Waals surface area contributed by atoms with Crippen LogP contribution in [0.5, 0.6) is 11.5 Å². The van der Waals surface area contributed by atoms with Gasteiger partial charge in [0.1, 0.15) is 28.4 Å². The second-order valence-electron chi connectivity index (χ2n) is 9.35. The molecule has 0 saturated heterocycles. The molecule has 0 aromatic heterocycles. The highest BCUT2D eigenvalue weighted by Crippen LogP contribution is 2.33. The Hall–Kier alpha value is -4.97. The Labute approximate surface area is 260 Å². The van der Waals surface area contributed by atoms with Gasteiger partial charge in [-0.05, 0) is 74.9 Å². The van der Waals surface area contributed by atoms with E-state index in [1.165, 1.54) is 0 Å². The number of nitrogens with two attached hydrogens (primary N) is 1. The van der Waals surface area contributed by atoms with E-state index in [-0.39, 0.29) is 11.9 Å². The van der Waals surface area contributed by atoms with Crippen LogP contribution in [0.1, 0.15) is 37.9 Å². The number of amides is 1. The molecule has 3 rings (SSSR count). The lowest BCUT2D eigenvalue weighted by Gasteiger charge is -2.22. The number of carboxylic acids is 1. The number of halogens is 5. The quantitative estimate of drug-likeness (QED) is 0.0705. The first-order valence-electron chi connectivity index (χ1n) is 13.1. The van der Waals surface area contributed by atoms with Gasteiger partial charge in [-0.3, -0.25) is 15.6 Å². The Morgan fingerprint density at radius 2 is 1.61 bits per heavy atom. The van der Waals surface area contributed by atoms with E-state index in [1.807, 2.05) is 18.7 Å². The molecule has 0 bridgehead atoms. The van der Waals surface area contributed by atoms with Gasteiger partial charge in [0.25, 0.3) is 15.9 Å². The lowest BCUT2D eigenvalue weighted by Crippen LogP contribution is -2.45. The van der Waals surface area contributed by atoms with E-state index in [2.05, 4.69) is 10.7 Å². The number of hydrogen-bond acceptors (Lipinski definition) is 8. The van der Waals surface area contributed by atoms with Crippen molar-refractivity contribution in [1.29, 1.82) is 5.41 Å². The van der Waals surface area contributed by atoms with Crippen molar-refractivity contribution in [1.82, 2.24) is 10.3 Å². The van der Waals surface area contributed by atoms with Crippen molar-refractivity contribution < 1.29 is 54.5 Å². The molecule has 3 aromatic carbocycles. The van der Waals surface area contributed by atoms with Crippen LogP contribution in [0.15, 0.2) is 65.6 Å². The number of hydrogen-bond donors (Lipinski definition) is 6. The van der Waals surface area contributed by atoms with Crippen molar-refractivity contribution in [2.24, 2.45) is 5.73 Å². The molecule has 46 heavy (non-hydrogen) atoms. The summed E-state index contributed by atoms with van der Waals surface area (Å²) in [6.07, 6.45) is -5.23. The number of hydrazine groups is 1. The Balaban J connectivity index is 0.000000942. The Bertz CT molecular complexity index is 1650. The molecule has 0 fully saturated rings. The zero-order chi connectivity index (χ0) is 34.8. The highest BCUT2D eigenvalue weighted by molar-refractivity contribution is 7.89. The average molecular weight is 676 g/mol. The fourth-order valence-electron chi connectivity index (χ4n) is 3.47. The van der Waals surface area contributed by atoms with Gasteiger partial charge in [-0.2, -0.15) is 13.2 Å². The van der Waals surface area contributed by atoms with Gasteiger partial charge in [0.15, 0.2) is 11.5 Å². The van der Waals surface area contributed by atoms with Gasteiger partial charge in [-0.25, -0.2) is 22.0 Å². The number of amidine groups is 1. The molecular formula is C28H30F5N5O7S. The van der Waals surface area contributed by atoms with Gasteiger partial charge in [0, 0.05) is 17.3 Å². The fourth-order valence-corrected chi connectivity index (χ4v) is 4.38. The summed E-state index contributed by atoms with van der Waals surface area (Å²) in [5, 5.41) is 17.7. The minimum atomic E-state index is -5.08. The van der Waals surface area contributed by atoms with E-state index in [0.717, 1.165) is 12.1 Å². The number of carbonyl (C=O) groups excluding carboxylic acids is 1. The summed E-state index contributed by atoms with van der Waals surface area (Å²) < 4.78 is 95.7. The minimum absolute atomic E-state index is 0.139. The number of carboxylic acid groups (broad SMARTS) is 1. The molecule has 18 heteroatoms. The van der Waals surface area contributed by atoms with Gasteiger partial charge < -0.3 is 25.6 Å². The maximum absolute atomic E-state index is 14.1. The van der Waals surface area contributed by atoms with Crippen LogP contribution in [0.25, 0.3) is 0 Å². The van der Waals surface area contributed by atoms with Crippen LogP contribution in [-0.4, -0.2) is 50.1 Å². The van der Waals surface area contributed by atoms with Crippen molar-refractivity contribution >= 4 is 33.4 Å². The second-order valence-corrected chi connectivity index (χ2v) is 11.0. The van der Waals surface area contributed by atoms with Crippen LogP contribution in [0.4, 0.5) is 27.6 Å². The molecule has 0 heterocycles. The number of aliphatic carboxylic acids is 1. The molecule has 0 radical (unpaired) electrons. The number of nitrogens with one attached hydrogen (secondary N) is 4. The largest absolute Gasteiger partial charge is 0.490 e. The highest BCUT2D eigenvalue weighted by Gasteiger charge is 2.38. The summed E-state index contributed by atoms with van der Waals surface area (Å²) >= 11 is 0. The van der Waals surface area contributed by atoms with Crippen LogP contribution in [0.3, 0.4) is 0 Å². The number of rotatable bonds is 12. The lowest BCUT2D eigenvalue weighted by atomic mass is 10.0. The standard InChI is InChI=1S/C26H29F2N5O5S.C2HF3O2/c1-4-37-22-13-17(7-11-21(22)38-15(2)3)24(31-19-9-5-16(6-10-19)25(29)30)26(34)32-33-39(35,36)23-12-8-18(27)14-20(23)28;3-2(4,5)1(6)7/h5-15,24,31,33H,4H2,1-3H3,(H3,29,30)(H,32,34);(H,6,7). The molecule has 12 nitrogen and oxygen atoms in total. The summed E-state index contributed by atoms with van der Waals surface area (Å²) in [5.41, 5.74) is 8.89. The van der Waals surface area contributed by atoms with Crippen LogP contribution in [0, 0.1) is 17.0 Å². The Kier molecular flexibility index (Phi) is 12.8. The van der Waals surface area contributed by atoms with E-state index in [1.54, 1.807) is 49.4 Å². The third-order valence-electron chi connectivity index (χ3n) is 5.47. The van der Waals surface area contributed by atoms with Crippen LogP contribution in [-0.2, 0) is 19.6 Å². The predicted octanol–water partition coefficient (Wildman–Crippen LogP) is 4.23. The Morgan fingerprint density at radius 3 is 2.11 bits per heavy atom. The molecule has 0 aliphatic heterocycles. The zero-order valence-electron chi connectivity index (χ0n) is 24.4. The van der Waals surface area contributed by atoms with E-state index >= 15 is 0 Å². The maximum atomic E-state index is 14.1. The van der Waals surface area contributed by atoms with Crippen molar-refractivity contribution in [2.45, 2.75) is 44.0 Å². The van der Waals surface area contributed by atoms with E-state index in [9.17, 15) is 35.2 Å². The van der Waals surface area contributed by atoms with Crippen molar-refractivity contribution in [3.05, 3.63) is 83.4 Å². The number of alkyl halides is 3. The molecule has 0 aliphatic rings. The van der Waals surface area contributed by atoms with Crippen LogP contribution < -0.4 is 30.8 Å². The number of carbonyl (C=O) groups is 2. The number of anilines is 1. The molecule has 7 N–H and O–H groups in total. The number of benzene rings is 3. The summed E-state index contributed by atoms with van der Waals surface area (Å²) in [7, 11) is -4.58. The fraction of sp³-hybridized carbons (Fsp3) is 0.250.